The van der Waals surface area contributed by atoms with Crippen LogP contribution in [0.3, 0.4) is 0 Å². The number of nitrogens with zero attached hydrogens (tertiary/aromatic N) is 7. The Labute approximate surface area is 293 Å². The topological polar surface area (TPSA) is 61.9 Å². The van der Waals surface area contributed by atoms with Crippen LogP contribution in [0, 0.1) is 0 Å². The van der Waals surface area contributed by atoms with Gasteiger partial charge in [0, 0.05) is 53.9 Å². The van der Waals surface area contributed by atoms with E-state index in [1.165, 1.54) is 12.8 Å². The van der Waals surface area contributed by atoms with Gasteiger partial charge in [-0.1, -0.05) is 94.4 Å². The largest absolute Gasteiger partial charge is 0.304 e. The number of rotatable bonds is 19. The van der Waals surface area contributed by atoms with Crippen LogP contribution in [0.15, 0.2) is 101 Å². The lowest BCUT2D eigenvalue weighted by molar-refractivity contribution is 0.298. The third-order valence-corrected chi connectivity index (χ3v) is 9.22. The molecule has 0 spiro atoms. The summed E-state index contributed by atoms with van der Waals surface area (Å²) < 4.78 is 2.15. The minimum Gasteiger partial charge on any atom is -0.304 e. The number of benzene rings is 3. The molecule has 0 atom stereocenters. The average Bonchev–Trinajstić information content (AvgIpc) is 3.59. The maximum atomic E-state index is 5.16. The van der Waals surface area contributed by atoms with E-state index in [1.54, 1.807) is 0 Å². The SMILES string of the molecule is CCN(CC)CCCC/N=C\c1ccc(-c2nc(-c3ccc(/C=N/CCCCN(CC)CC)cc3)nc3c2ccn3-c2ccccc2)cc1. The second kappa shape index (κ2) is 18.9. The highest BCUT2D eigenvalue weighted by atomic mass is 15.1. The molecule has 3 aromatic carbocycles. The van der Waals surface area contributed by atoms with Gasteiger partial charge in [-0.15, -0.1) is 0 Å². The van der Waals surface area contributed by atoms with Crippen LogP contribution in [0.1, 0.15) is 64.5 Å². The van der Waals surface area contributed by atoms with Crippen LogP contribution in [0.5, 0.6) is 0 Å². The van der Waals surface area contributed by atoms with Gasteiger partial charge in [-0.3, -0.25) is 9.98 Å². The molecule has 0 unspecified atom stereocenters. The van der Waals surface area contributed by atoms with Crippen molar-refractivity contribution < 1.29 is 0 Å². The van der Waals surface area contributed by atoms with E-state index >= 15 is 0 Å². The maximum Gasteiger partial charge on any atom is 0.162 e. The lowest BCUT2D eigenvalue weighted by Gasteiger charge is -2.16. The summed E-state index contributed by atoms with van der Waals surface area (Å²) in [6.45, 7) is 17.3. The van der Waals surface area contributed by atoms with Crippen molar-refractivity contribution in [2.24, 2.45) is 9.98 Å². The zero-order valence-corrected chi connectivity index (χ0v) is 29.9. The molecular weight excluding hydrogens is 603 g/mol. The fourth-order valence-electron chi connectivity index (χ4n) is 6.10. The van der Waals surface area contributed by atoms with Crippen LogP contribution >= 0.6 is 0 Å². The quantitative estimate of drug-likeness (QED) is 0.0659. The molecule has 0 bridgehead atoms. The van der Waals surface area contributed by atoms with Gasteiger partial charge in [0.15, 0.2) is 5.82 Å². The van der Waals surface area contributed by atoms with Crippen LogP contribution in [0.4, 0.5) is 0 Å². The van der Waals surface area contributed by atoms with Crippen molar-refractivity contribution in [2.45, 2.75) is 53.4 Å². The van der Waals surface area contributed by atoms with Crippen LogP contribution in [-0.4, -0.2) is 89.1 Å². The molecule has 49 heavy (non-hydrogen) atoms. The Kier molecular flexibility index (Phi) is 13.8. The first-order valence-corrected chi connectivity index (χ1v) is 18.2. The number of unbranched alkanes of at least 4 members (excludes halogenated alkanes) is 2. The fraction of sp³-hybridized carbons (Fsp3) is 0.381. The summed E-state index contributed by atoms with van der Waals surface area (Å²) in [7, 11) is 0. The number of hydrogen-bond acceptors (Lipinski definition) is 6. The molecule has 256 valence electrons. The molecule has 0 N–H and O–H groups in total. The molecule has 0 aliphatic heterocycles. The Balaban J connectivity index is 1.33. The molecule has 0 saturated carbocycles. The van der Waals surface area contributed by atoms with Crippen LogP contribution < -0.4 is 0 Å². The predicted molar refractivity (Wildman–Crippen MR) is 209 cm³/mol. The van der Waals surface area contributed by atoms with Gasteiger partial charge in [-0.2, -0.15) is 0 Å². The summed E-state index contributed by atoms with van der Waals surface area (Å²) in [5.41, 5.74) is 7.09. The number of hydrogen-bond donors (Lipinski definition) is 0. The highest BCUT2D eigenvalue weighted by Crippen LogP contribution is 2.31. The number of fused-ring (bicyclic) bond motifs is 1. The highest BCUT2D eigenvalue weighted by molar-refractivity contribution is 5.94. The van der Waals surface area contributed by atoms with Gasteiger partial charge < -0.3 is 14.4 Å². The van der Waals surface area contributed by atoms with Crippen molar-refractivity contribution in [3.63, 3.8) is 0 Å². The van der Waals surface area contributed by atoms with E-state index in [0.717, 1.165) is 110 Å². The molecule has 0 aliphatic carbocycles. The number of aliphatic imine (C=N–C) groups is 2. The molecule has 7 nitrogen and oxygen atoms in total. The van der Waals surface area contributed by atoms with Gasteiger partial charge in [-0.05, 0) is 94.3 Å². The smallest absolute Gasteiger partial charge is 0.162 e. The Morgan fingerprint density at radius 2 is 1.12 bits per heavy atom. The second-order valence-electron chi connectivity index (χ2n) is 12.4. The Hall–Kier alpha value is -4.46. The molecule has 2 heterocycles. The third kappa shape index (κ3) is 10.0. The van der Waals surface area contributed by atoms with Gasteiger partial charge in [0.2, 0.25) is 0 Å². The zero-order valence-electron chi connectivity index (χ0n) is 29.9. The van der Waals surface area contributed by atoms with Crippen molar-refractivity contribution in [1.29, 1.82) is 0 Å². The molecule has 0 amide bonds. The normalized spacial score (nSPS) is 12.0. The summed E-state index contributed by atoms with van der Waals surface area (Å²) >= 11 is 0. The minimum absolute atomic E-state index is 0.702. The molecular formula is C42H53N7. The summed E-state index contributed by atoms with van der Waals surface area (Å²) in [6.07, 6.45) is 10.6. The Morgan fingerprint density at radius 1 is 0.592 bits per heavy atom. The van der Waals surface area contributed by atoms with E-state index in [1.807, 2.05) is 18.5 Å². The van der Waals surface area contributed by atoms with E-state index in [4.69, 9.17) is 15.0 Å². The Bertz CT molecular complexity index is 1750. The number of aromatic nitrogens is 3. The monoisotopic (exact) mass is 655 g/mol. The molecule has 0 fully saturated rings. The van der Waals surface area contributed by atoms with Crippen molar-refractivity contribution >= 4 is 23.5 Å². The molecule has 5 rings (SSSR count). The molecule has 7 heteroatoms. The van der Waals surface area contributed by atoms with Gasteiger partial charge in [0.25, 0.3) is 0 Å². The lowest BCUT2D eigenvalue weighted by Crippen LogP contribution is -2.23. The van der Waals surface area contributed by atoms with E-state index < -0.39 is 0 Å². The van der Waals surface area contributed by atoms with Crippen molar-refractivity contribution in [1.82, 2.24) is 24.3 Å². The first-order chi connectivity index (χ1) is 24.1. The summed E-state index contributed by atoms with van der Waals surface area (Å²) in [4.78, 5) is 24.6. The van der Waals surface area contributed by atoms with Gasteiger partial charge >= 0.3 is 0 Å². The van der Waals surface area contributed by atoms with Crippen molar-refractivity contribution in [3.8, 4) is 28.3 Å². The number of para-hydroxylation sites is 1. The van der Waals surface area contributed by atoms with Crippen LogP contribution in [0.25, 0.3) is 39.4 Å². The second-order valence-corrected chi connectivity index (χ2v) is 12.4. The summed E-state index contributed by atoms with van der Waals surface area (Å²) in [6, 6.07) is 29.5. The van der Waals surface area contributed by atoms with Gasteiger partial charge in [-0.25, -0.2) is 9.97 Å². The molecule has 2 aromatic heterocycles. The van der Waals surface area contributed by atoms with E-state index in [9.17, 15) is 0 Å². The summed E-state index contributed by atoms with van der Waals surface area (Å²) in [5.74, 6) is 0.702. The molecule has 0 radical (unpaired) electrons. The lowest BCUT2D eigenvalue weighted by atomic mass is 10.1. The van der Waals surface area contributed by atoms with E-state index in [-0.39, 0.29) is 0 Å². The third-order valence-electron chi connectivity index (χ3n) is 9.22. The maximum absolute atomic E-state index is 5.16. The Morgan fingerprint density at radius 3 is 1.65 bits per heavy atom. The fourth-order valence-corrected chi connectivity index (χ4v) is 6.10. The molecule has 5 aromatic rings. The zero-order chi connectivity index (χ0) is 34.3. The first kappa shape index (κ1) is 35.8. The average molecular weight is 656 g/mol. The van der Waals surface area contributed by atoms with Crippen molar-refractivity contribution in [3.05, 3.63) is 102 Å². The highest BCUT2D eigenvalue weighted by Gasteiger charge is 2.15. The van der Waals surface area contributed by atoms with E-state index in [2.05, 4.69) is 132 Å². The standard InChI is InChI=1S/C42H53N7/c1-5-47(6-2)29-14-12-27-43-32-34-18-22-36(23-19-34)40-39-26-31-49(38-16-10-9-11-17-38)42(39)46-41(45-40)37-24-20-35(21-25-37)33-44-28-13-15-30-48(7-3)8-4/h9-11,16-26,31-33H,5-8,12-15,27-30H2,1-4H3/b43-32-,44-33+. The van der Waals surface area contributed by atoms with E-state index in [0.29, 0.717) is 5.82 Å². The summed E-state index contributed by atoms with van der Waals surface area (Å²) in [5, 5.41) is 1.02. The predicted octanol–water partition coefficient (Wildman–Crippen LogP) is 8.84. The minimum atomic E-state index is 0.702. The van der Waals surface area contributed by atoms with Crippen LogP contribution in [-0.2, 0) is 0 Å². The first-order valence-electron chi connectivity index (χ1n) is 18.2. The van der Waals surface area contributed by atoms with Gasteiger partial charge in [0.05, 0.1) is 5.69 Å². The van der Waals surface area contributed by atoms with Gasteiger partial charge in [0.1, 0.15) is 5.65 Å². The van der Waals surface area contributed by atoms with Crippen LogP contribution in [0.2, 0.25) is 0 Å². The molecule has 0 saturated heterocycles. The molecule has 0 aliphatic rings. The van der Waals surface area contributed by atoms with Crippen molar-refractivity contribution in [2.75, 3.05) is 52.4 Å².